The second-order valence-corrected chi connectivity index (χ2v) is 8.12. The number of carbonyl (C=O) groups is 2. The van der Waals surface area contributed by atoms with Gasteiger partial charge in [-0.15, -0.1) is 0 Å². The molecule has 2 saturated heterocycles. The minimum Gasteiger partial charge on any atom is -0.367 e. The lowest BCUT2D eigenvalue weighted by Gasteiger charge is -2.44. The molecule has 0 aromatic carbocycles. The molecule has 0 aromatic rings. The number of urea groups is 1. The van der Waals surface area contributed by atoms with Crippen molar-refractivity contribution in [2.75, 3.05) is 50.8 Å². The quantitative estimate of drug-likeness (QED) is 0.754. The summed E-state index contributed by atoms with van der Waals surface area (Å²) in [5.74, 6) is 1.85. The average molecular weight is 356 g/mol. The molecule has 136 valence electrons. The zero-order valence-electron chi connectivity index (χ0n) is 14.2. The Balaban J connectivity index is 1.56. The number of nitrogens with zero attached hydrogens (tertiary/aromatic N) is 2. The number of hydrogen-bond donors (Lipinski definition) is 2. The fourth-order valence-corrected chi connectivity index (χ4v) is 4.94. The van der Waals surface area contributed by atoms with Crippen molar-refractivity contribution >= 4 is 23.7 Å². The number of morpholine rings is 1. The predicted octanol–water partition coefficient (Wildman–Crippen LogP) is 0.244. The number of thioether (sulfide) groups is 1. The van der Waals surface area contributed by atoms with E-state index in [0.717, 1.165) is 25.9 Å². The maximum atomic E-state index is 12.5. The van der Waals surface area contributed by atoms with E-state index in [1.54, 1.807) is 4.90 Å². The van der Waals surface area contributed by atoms with E-state index in [-0.39, 0.29) is 18.1 Å². The first-order valence-corrected chi connectivity index (χ1v) is 10.0. The van der Waals surface area contributed by atoms with Crippen LogP contribution in [0.1, 0.15) is 25.7 Å². The number of primary amides is 1. The minimum atomic E-state index is -0.691. The molecular formula is C16H28N4O3S. The number of nitrogens with two attached hydrogens (primary N) is 1. The van der Waals surface area contributed by atoms with Gasteiger partial charge in [0.15, 0.2) is 6.10 Å². The third-order valence-electron chi connectivity index (χ3n) is 5.46. The average Bonchev–Trinajstić information content (AvgIpc) is 3.11. The molecule has 1 unspecified atom stereocenters. The Bertz CT molecular complexity index is 464. The van der Waals surface area contributed by atoms with Crippen LogP contribution in [0.15, 0.2) is 0 Å². The number of rotatable bonds is 4. The summed E-state index contributed by atoms with van der Waals surface area (Å²) in [6, 6.07) is -0.109. The van der Waals surface area contributed by atoms with Gasteiger partial charge in [-0.3, -0.25) is 9.69 Å². The number of nitrogens with one attached hydrogen (secondary N) is 1. The van der Waals surface area contributed by atoms with E-state index in [9.17, 15) is 9.59 Å². The molecule has 3 N–H and O–H groups in total. The standard InChI is InChI=1S/C16H28N4O3S/c17-14(21)13-11-19(5-8-23-13)15(22)18-12-16(3-1-2-4-16)20-6-9-24-10-7-20/h13H,1-12H2,(H2,17,21)(H,18,22). The summed E-state index contributed by atoms with van der Waals surface area (Å²) < 4.78 is 5.31. The number of amides is 3. The van der Waals surface area contributed by atoms with Gasteiger partial charge >= 0.3 is 6.03 Å². The molecule has 2 heterocycles. The molecule has 3 aliphatic rings. The van der Waals surface area contributed by atoms with Crippen LogP contribution in [0.3, 0.4) is 0 Å². The topological polar surface area (TPSA) is 87.9 Å². The lowest BCUT2D eigenvalue weighted by Crippen LogP contribution is -2.59. The van der Waals surface area contributed by atoms with Gasteiger partial charge in [-0.1, -0.05) is 12.8 Å². The highest BCUT2D eigenvalue weighted by Crippen LogP contribution is 2.36. The molecule has 0 aromatic heterocycles. The van der Waals surface area contributed by atoms with Crippen molar-refractivity contribution in [3.63, 3.8) is 0 Å². The highest BCUT2D eigenvalue weighted by molar-refractivity contribution is 7.99. The molecule has 3 rings (SSSR count). The Morgan fingerprint density at radius 3 is 2.58 bits per heavy atom. The summed E-state index contributed by atoms with van der Waals surface area (Å²) in [6.07, 6.45) is 4.10. The van der Waals surface area contributed by atoms with Crippen LogP contribution in [0.4, 0.5) is 4.79 Å². The van der Waals surface area contributed by atoms with Crippen LogP contribution in [0.2, 0.25) is 0 Å². The molecule has 1 atom stereocenters. The Morgan fingerprint density at radius 1 is 1.21 bits per heavy atom. The fraction of sp³-hybridized carbons (Fsp3) is 0.875. The Morgan fingerprint density at radius 2 is 1.92 bits per heavy atom. The van der Waals surface area contributed by atoms with Crippen molar-refractivity contribution < 1.29 is 14.3 Å². The molecule has 3 amide bonds. The highest BCUT2D eigenvalue weighted by Gasteiger charge is 2.40. The fourth-order valence-electron chi connectivity index (χ4n) is 4.03. The summed E-state index contributed by atoms with van der Waals surface area (Å²) in [6.45, 7) is 4.02. The number of carbonyl (C=O) groups excluding carboxylic acids is 2. The second kappa shape index (κ2) is 7.93. The molecule has 7 nitrogen and oxygen atoms in total. The van der Waals surface area contributed by atoms with Crippen molar-refractivity contribution in [3.8, 4) is 0 Å². The van der Waals surface area contributed by atoms with E-state index >= 15 is 0 Å². The second-order valence-electron chi connectivity index (χ2n) is 6.90. The van der Waals surface area contributed by atoms with Crippen LogP contribution in [-0.2, 0) is 9.53 Å². The summed E-state index contributed by atoms with van der Waals surface area (Å²) >= 11 is 2.01. The highest BCUT2D eigenvalue weighted by atomic mass is 32.2. The van der Waals surface area contributed by atoms with Crippen LogP contribution in [0.5, 0.6) is 0 Å². The summed E-state index contributed by atoms with van der Waals surface area (Å²) in [5.41, 5.74) is 5.41. The summed E-state index contributed by atoms with van der Waals surface area (Å²) in [5, 5.41) is 3.12. The van der Waals surface area contributed by atoms with Gasteiger partial charge < -0.3 is 20.7 Å². The summed E-state index contributed by atoms with van der Waals surface area (Å²) in [7, 11) is 0. The molecule has 24 heavy (non-hydrogen) atoms. The zero-order chi connectivity index (χ0) is 17.0. The van der Waals surface area contributed by atoms with Crippen molar-refractivity contribution in [2.45, 2.75) is 37.3 Å². The van der Waals surface area contributed by atoms with Crippen molar-refractivity contribution in [1.29, 1.82) is 0 Å². The maximum absolute atomic E-state index is 12.5. The van der Waals surface area contributed by atoms with Gasteiger partial charge in [0.05, 0.1) is 13.2 Å². The number of ether oxygens (including phenoxy) is 1. The maximum Gasteiger partial charge on any atom is 0.317 e. The number of hydrogen-bond acceptors (Lipinski definition) is 5. The molecule has 0 bridgehead atoms. The lowest BCUT2D eigenvalue weighted by molar-refractivity contribution is -0.133. The van der Waals surface area contributed by atoms with Gasteiger partial charge in [0, 0.05) is 43.2 Å². The third-order valence-corrected chi connectivity index (χ3v) is 6.40. The van der Waals surface area contributed by atoms with Gasteiger partial charge in [-0.25, -0.2) is 4.79 Å². The van der Waals surface area contributed by atoms with Gasteiger partial charge in [-0.2, -0.15) is 11.8 Å². The molecule has 1 saturated carbocycles. The first kappa shape index (κ1) is 17.8. The molecule has 1 aliphatic carbocycles. The summed E-state index contributed by atoms with van der Waals surface area (Å²) in [4.78, 5) is 28.0. The van der Waals surface area contributed by atoms with E-state index in [1.165, 1.54) is 24.3 Å². The van der Waals surface area contributed by atoms with Gasteiger partial charge in [0.1, 0.15) is 0 Å². The molecule has 0 radical (unpaired) electrons. The van der Waals surface area contributed by atoms with Crippen molar-refractivity contribution in [3.05, 3.63) is 0 Å². The molecular weight excluding hydrogens is 328 g/mol. The van der Waals surface area contributed by atoms with E-state index < -0.39 is 12.0 Å². The molecule has 3 fully saturated rings. The van der Waals surface area contributed by atoms with Gasteiger partial charge in [-0.05, 0) is 12.8 Å². The normalized spacial score (nSPS) is 27.8. The minimum absolute atomic E-state index is 0.109. The predicted molar refractivity (Wildman–Crippen MR) is 94.0 cm³/mol. The lowest BCUT2D eigenvalue weighted by atomic mass is 9.94. The van der Waals surface area contributed by atoms with Crippen LogP contribution in [-0.4, -0.2) is 84.2 Å². The van der Waals surface area contributed by atoms with Crippen LogP contribution in [0.25, 0.3) is 0 Å². The van der Waals surface area contributed by atoms with Crippen molar-refractivity contribution in [1.82, 2.24) is 15.1 Å². The van der Waals surface area contributed by atoms with E-state index in [1.807, 2.05) is 11.8 Å². The van der Waals surface area contributed by atoms with Crippen molar-refractivity contribution in [2.24, 2.45) is 5.73 Å². The van der Waals surface area contributed by atoms with E-state index in [0.29, 0.717) is 19.7 Å². The molecule has 2 aliphatic heterocycles. The Hall–Kier alpha value is -0.990. The SMILES string of the molecule is NC(=O)C1CN(C(=O)NCC2(N3CCSCC3)CCCC2)CCO1. The van der Waals surface area contributed by atoms with Crippen LogP contribution < -0.4 is 11.1 Å². The largest absolute Gasteiger partial charge is 0.367 e. The van der Waals surface area contributed by atoms with Crippen LogP contribution in [0, 0.1) is 0 Å². The smallest absolute Gasteiger partial charge is 0.317 e. The van der Waals surface area contributed by atoms with E-state index in [4.69, 9.17) is 10.5 Å². The zero-order valence-corrected chi connectivity index (χ0v) is 15.0. The van der Waals surface area contributed by atoms with Gasteiger partial charge in [0.2, 0.25) is 5.91 Å². The molecule has 0 spiro atoms. The molecule has 8 heteroatoms. The first-order chi connectivity index (χ1) is 11.6. The third kappa shape index (κ3) is 3.97. The first-order valence-electron chi connectivity index (χ1n) is 8.87. The van der Waals surface area contributed by atoms with E-state index in [2.05, 4.69) is 10.2 Å². The Kier molecular flexibility index (Phi) is 5.89. The van der Waals surface area contributed by atoms with Crippen LogP contribution >= 0.6 is 11.8 Å². The Labute approximate surface area is 147 Å². The van der Waals surface area contributed by atoms with Gasteiger partial charge in [0.25, 0.3) is 0 Å². The monoisotopic (exact) mass is 356 g/mol.